The van der Waals surface area contributed by atoms with Gasteiger partial charge in [-0.05, 0) is 25.3 Å². The van der Waals surface area contributed by atoms with Gasteiger partial charge in [0.15, 0.2) is 0 Å². The Bertz CT molecular complexity index is 143. The zero-order valence-electron chi connectivity index (χ0n) is 9.34. The second-order valence-electron chi connectivity index (χ2n) is 3.60. The summed E-state index contributed by atoms with van der Waals surface area (Å²) in [5.41, 5.74) is 0. The molecule has 1 saturated heterocycles. The van der Waals surface area contributed by atoms with Gasteiger partial charge in [0.05, 0.1) is 26.7 Å². The van der Waals surface area contributed by atoms with Gasteiger partial charge >= 0.3 is 12.4 Å². The minimum atomic E-state index is 1.15. The molecule has 4 heteroatoms. The van der Waals surface area contributed by atoms with Crippen molar-refractivity contribution in [1.82, 2.24) is 0 Å². The first kappa shape index (κ1) is 12.5. The number of likely N-dealkylation sites (N-methyl/N-ethyl adjacent to an activating group) is 1. The standard InChI is InChI=1S/C9H18N.BO.FH/c1-3-7-10(2)8-5-4-6-9-10;1-2;/h3H,1,4-9H2,2H3;;1H/q+1;;/i/hD. The molecule has 1 aliphatic rings. The Morgan fingerprint density at radius 1 is 1.46 bits per heavy atom. The van der Waals surface area contributed by atoms with Crippen LogP contribution in [0.4, 0.5) is 4.72 Å². The predicted octanol–water partition coefficient (Wildman–Crippen LogP) is 1.46. The molecule has 0 saturated carbocycles. The fourth-order valence-corrected chi connectivity index (χ4v) is 1.77. The van der Waals surface area contributed by atoms with E-state index in [1.165, 1.54) is 36.8 Å². The summed E-state index contributed by atoms with van der Waals surface area (Å²) in [6, 6.07) is 0. The molecule has 0 amide bonds. The Hall–Kier alpha value is -0.505. The monoisotopic (exact) mass is 188 g/mol. The van der Waals surface area contributed by atoms with E-state index < -0.39 is 0 Å². The van der Waals surface area contributed by atoms with Crippen LogP contribution in [0.1, 0.15) is 19.3 Å². The average molecular weight is 188 g/mol. The van der Waals surface area contributed by atoms with Crippen molar-refractivity contribution in [2.75, 3.05) is 26.7 Å². The summed E-state index contributed by atoms with van der Waals surface area (Å²) in [4.78, 5) is 0. The van der Waals surface area contributed by atoms with Crippen LogP contribution in [0.15, 0.2) is 12.7 Å². The molecule has 0 bridgehead atoms. The van der Waals surface area contributed by atoms with Crippen molar-refractivity contribution in [3.8, 4) is 0 Å². The molecular weight excluding hydrogens is 168 g/mol. The molecule has 0 aliphatic carbocycles. The predicted molar refractivity (Wildman–Crippen MR) is 53.8 cm³/mol. The summed E-state index contributed by atoms with van der Waals surface area (Å²) in [7, 11) is 5.58. The maximum absolute atomic E-state index is 8.75. The SMILES string of the molecule is C=CC[N+]1(C)CCCCC1.[2H]F.[B]=O. The van der Waals surface area contributed by atoms with E-state index >= 15 is 0 Å². The number of piperidine rings is 1. The normalized spacial score (nSPS) is 19.3. The number of nitrogens with zero attached hydrogens (tertiary/aromatic N) is 1. The van der Waals surface area contributed by atoms with E-state index in [2.05, 4.69) is 22.8 Å². The molecule has 0 aromatic rings. The molecule has 0 spiro atoms. The first-order valence-electron chi connectivity index (χ1n) is 4.83. The van der Waals surface area contributed by atoms with Crippen LogP contribution in [0.3, 0.4) is 0 Å². The zero-order valence-corrected chi connectivity index (χ0v) is 8.34. The van der Waals surface area contributed by atoms with E-state index in [-0.39, 0.29) is 0 Å². The van der Waals surface area contributed by atoms with E-state index in [0.717, 1.165) is 6.54 Å². The molecular formula is C9H19BFNO+. The fourth-order valence-electron chi connectivity index (χ4n) is 1.77. The average Bonchev–Trinajstić information content (AvgIpc) is 2.25. The summed E-state index contributed by atoms with van der Waals surface area (Å²) >= 11 is 0. The van der Waals surface area contributed by atoms with Gasteiger partial charge < -0.3 is 4.48 Å². The Labute approximate surface area is 82.5 Å². The third kappa shape index (κ3) is 5.69. The third-order valence-corrected chi connectivity index (χ3v) is 2.47. The molecule has 1 fully saturated rings. The fraction of sp³-hybridized carbons (Fsp3) is 0.778. The molecule has 1 aliphatic heterocycles. The number of hydrogen-bond acceptors (Lipinski definition) is 1. The van der Waals surface area contributed by atoms with Gasteiger partial charge in [0.1, 0.15) is 0 Å². The topological polar surface area (TPSA) is 17.1 Å². The Kier molecular flexibility index (Phi) is 7.79. The molecule has 0 atom stereocenters. The van der Waals surface area contributed by atoms with Gasteiger partial charge in [0, 0.05) is 0 Å². The van der Waals surface area contributed by atoms with Crippen molar-refractivity contribution < 1.29 is 13.9 Å². The summed E-state index contributed by atoms with van der Waals surface area (Å²) < 4.78 is 22.0. The number of quaternary nitrogens is 1. The third-order valence-electron chi connectivity index (χ3n) is 2.47. The number of rotatable bonds is 2. The number of halogens is 1. The Morgan fingerprint density at radius 2 is 1.92 bits per heavy atom. The van der Waals surface area contributed by atoms with Gasteiger partial charge in [0.25, 0.3) is 1.45 Å². The Morgan fingerprint density at radius 3 is 2.31 bits per heavy atom. The van der Waals surface area contributed by atoms with Crippen LogP contribution in [0.5, 0.6) is 0 Å². The van der Waals surface area contributed by atoms with Crippen LogP contribution < -0.4 is 0 Å². The van der Waals surface area contributed by atoms with Crippen LogP contribution in [-0.2, 0) is 4.70 Å². The first-order valence-corrected chi connectivity index (χ1v) is 4.45. The van der Waals surface area contributed by atoms with Crippen molar-refractivity contribution in [2.45, 2.75) is 19.3 Å². The summed E-state index contributed by atoms with van der Waals surface area (Å²) in [6.45, 7) is 7.64. The van der Waals surface area contributed by atoms with Crippen LogP contribution in [0, 0.1) is 0 Å². The molecule has 1 radical (unpaired) electrons. The molecule has 75 valence electrons. The van der Waals surface area contributed by atoms with Gasteiger partial charge in [-0.2, -0.15) is 0 Å². The second kappa shape index (κ2) is 8.11. The van der Waals surface area contributed by atoms with Gasteiger partial charge in [-0.25, -0.2) is 0 Å². The number of likely N-dealkylation sites (tertiary alicyclic amines) is 1. The van der Waals surface area contributed by atoms with Crippen molar-refractivity contribution >= 4 is 7.72 Å². The van der Waals surface area contributed by atoms with Crippen molar-refractivity contribution in [3.63, 3.8) is 0 Å². The molecule has 2 nitrogen and oxygen atoms in total. The van der Waals surface area contributed by atoms with Crippen LogP contribution in [0.2, 0.25) is 0 Å². The van der Waals surface area contributed by atoms with E-state index in [9.17, 15) is 0 Å². The quantitative estimate of drug-likeness (QED) is 0.364. The van der Waals surface area contributed by atoms with Crippen molar-refractivity contribution in [3.05, 3.63) is 12.7 Å². The van der Waals surface area contributed by atoms with Crippen LogP contribution in [0.25, 0.3) is 0 Å². The van der Waals surface area contributed by atoms with Gasteiger partial charge in [0.2, 0.25) is 0 Å². The molecule has 13 heavy (non-hydrogen) atoms. The summed E-state index contributed by atoms with van der Waals surface area (Å²) in [5, 5.41) is 0. The van der Waals surface area contributed by atoms with E-state index in [1.54, 1.807) is 0 Å². The minimum absolute atomic E-state index is 1.15. The number of hydrogen-bond donors (Lipinski definition) is 0. The Balaban J connectivity index is 0. The molecule has 0 aromatic heterocycles. The van der Waals surface area contributed by atoms with Crippen LogP contribution in [-0.4, -0.2) is 40.3 Å². The molecule has 0 aromatic carbocycles. The summed E-state index contributed by atoms with van der Waals surface area (Å²) in [6.07, 6.45) is 6.30. The van der Waals surface area contributed by atoms with E-state index in [1.807, 2.05) is 6.08 Å². The van der Waals surface area contributed by atoms with Gasteiger partial charge in [-0.3, -0.25) is 4.72 Å². The molecule has 1 rings (SSSR count). The maximum atomic E-state index is 8.75. The van der Waals surface area contributed by atoms with E-state index in [4.69, 9.17) is 9.42 Å². The van der Waals surface area contributed by atoms with Crippen LogP contribution >= 0.6 is 0 Å². The molecule has 0 N–H and O–H groups in total. The molecule has 0 unspecified atom stereocenters. The van der Waals surface area contributed by atoms with Crippen molar-refractivity contribution in [2.24, 2.45) is 0 Å². The molecule has 1 heterocycles. The van der Waals surface area contributed by atoms with Crippen molar-refractivity contribution in [1.29, 1.82) is 1.45 Å². The van der Waals surface area contributed by atoms with E-state index in [0.29, 0.717) is 0 Å². The first-order chi connectivity index (χ1) is 6.77. The summed E-state index contributed by atoms with van der Waals surface area (Å²) in [5.74, 6) is 0. The van der Waals surface area contributed by atoms with Gasteiger partial charge in [-0.1, -0.05) is 6.58 Å². The van der Waals surface area contributed by atoms with Gasteiger partial charge in [-0.15, -0.1) is 0 Å². The second-order valence-corrected chi connectivity index (χ2v) is 3.60. The zero-order chi connectivity index (χ0) is 11.4.